The topological polar surface area (TPSA) is 99.3 Å². The number of aromatic nitrogens is 3. The van der Waals surface area contributed by atoms with Crippen LogP contribution in [0, 0.1) is 0 Å². The fraction of sp³-hybridized carbons (Fsp3) is 0.417. The Morgan fingerprint density at radius 3 is 2.62 bits per heavy atom. The lowest BCUT2D eigenvalue weighted by Gasteiger charge is -2.34. The summed E-state index contributed by atoms with van der Waals surface area (Å²) in [5, 5.41) is 0.755. The van der Waals surface area contributed by atoms with Crippen molar-refractivity contribution in [3.63, 3.8) is 0 Å². The molecule has 0 spiro atoms. The Morgan fingerprint density at radius 1 is 1.24 bits per heavy atom. The van der Waals surface area contributed by atoms with Crippen LogP contribution in [0.5, 0.6) is 0 Å². The van der Waals surface area contributed by atoms with Gasteiger partial charge in [0.05, 0.1) is 11.6 Å². The van der Waals surface area contributed by atoms with E-state index in [9.17, 15) is 13.2 Å². The van der Waals surface area contributed by atoms with E-state index in [2.05, 4.69) is 15.0 Å². The van der Waals surface area contributed by atoms with E-state index < -0.39 is 15.7 Å². The number of rotatable bonds is 2. The van der Waals surface area contributed by atoms with Gasteiger partial charge in [-0.15, -0.1) is 0 Å². The number of fused-ring (bicyclic) bond motifs is 1. The van der Waals surface area contributed by atoms with Crippen molar-refractivity contribution in [2.24, 2.45) is 0 Å². The average molecular weight is 309 g/mol. The van der Waals surface area contributed by atoms with Gasteiger partial charge >= 0.3 is 5.69 Å². The number of anilines is 1. The number of hydrogen-bond acceptors (Lipinski definition) is 6. The number of H-pyrrole nitrogens is 1. The maximum atomic E-state index is 11.6. The van der Waals surface area contributed by atoms with Gasteiger partial charge in [-0.3, -0.25) is 4.98 Å². The molecule has 9 heteroatoms. The third-order valence-corrected chi connectivity index (χ3v) is 4.79. The molecule has 0 saturated carbocycles. The first-order chi connectivity index (χ1) is 9.95. The molecule has 3 rings (SSSR count). The second-order valence-electron chi connectivity index (χ2n) is 4.91. The van der Waals surface area contributed by atoms with Crippen molar-refractivity contribution in [2.45, 2.75) is 0 Å². The predicted octanol–water partition coefficient (Wildman–Crippen LogP) is -0.600. The van der Waals surface area contributed by atoms with Gasteiger partial charge in [0.1, 0.15) is 11.5 Å². The Morgan fingerprint density at radius 2 is 1.95 bits per heavy atom. The summed E-state index contributed by atoms with van der Waals surface area (Å²) in [5.41, 5.74) is 0.0276. The van der Waals surface area contributed by atoms with E-state index in [0.29, 0.717) is 37.6 Å². The molecular formula is C12H15N5O3S. The first-order valence-electron chi connectivity index (χ1n) is 6.50. The largest absolute Gasteiger partial charge is 0.353 e. The maximum absolute atomic E-state index is 11.6. The van der Waals surface area contributed by atoms with E-state index in [4.69, 9.17) is 0 Å². The highest BCUT2D eigenvalue weighted by Gasteiger charge is 2.25. The molecule has 2 aromatic heterocycles. The van der Waals surface area contributed by atoms with E-state index in [1.165, 1.54) is 10.6 Å². The molecule has 1 fully saturated rings. The first kappa shape index (κ1) is 14.0. The van der Waals surface area contributed by atoms with Crippen LogP contribution in [-0.2, 0) is 10.0 Å². The molecule has 0 aromatic carbocycles. The van der Waals surface area contributed by atoms with Gasteiger partial charge in [0.15, 0.2) is 0 Å². The summed E-state index contributed by atoms with van der Waals surface area (Å²) in [6, 6.07) is 3.61. The minimum atomic E-state index is -3.18. The Kier molecular flexibility index (Phi) is 3.38. The predicted molar refractivity (Wildman–Crippen MR) is 78.8 cm³/mol. The lowest BCUT2D eigenvalue weighted by atomic mass is 10.2. The maximum Gasteiger partial charge on any atom is 0.348 e. The summed E-state index contributed by atoms with van der Waals surface area (Å²) in [6.45, 7) is 1.76. The number of nitrogens with one attached hydrogen (secondary N) is 1. The van der Waals surface area contributed by atoms with Gasteiger partial charge in [0, 0.05) is 32.4 Å². The molecule has 3 heterocycles. The number of piperazine rings is 1. The zero-order chi connectivity index (χ0) is 15.0. The van der Waals surface area contributed by atoms with Gasteiger partial charge in [-0.05, 0) is 12.1 Å². The molecular weight excluding hydrogens is 294 g/mol. The first-order valence-corrected chi connectivity index (χ1v) is 8.35. The second kappa shape index (κ2) is 5.08. The summed E-state index contributed by atoms with van der Waals surface area (Å²) >= 11 is 0. The van der Waals surface area contributed by atoms with Crippen LogP contribution < -0.4 is 10.6 Å². The van der Waals surface area contributed by atoms with Gasteiger partial charge in [0.25, 0.3) is 0 Å². The molecule has 0 amide bonds. The SMILES string of the molecule is CS(=O)(=O)N1CCN(c2nc(=O)[nH]c3ncccc23)CC1. The van der Waals surface area contributed by atoms with Crippen LogP contribution in [0.2, 0.25) is 0 Å². The van der Waals surface area contributed by atoms with Crippen molar-refractivity contribution in [3.05, 3.63) is 28.8 Å². The molecule has 0 bridgehead atoms. The molecule has 1 aliphatic heterocycles. The molecule has 2 aromatic rings. The molecule has 0 unspecified atom stereocenters. The Bertz CT molecular complexity index is 824. The normalized spacial score (nSPS) is 17.3. The smallest absolute Gasteiger partial charge is 0.348 e. The highest BCUT2D eigenvalue weighted by atomic mass is 32.2. The van der Waals surface area contributed by atoms with E-state index >= 15 is 0 Å². The third kappa shape index (κ3) is 2.74. The van der Waals surface area contributed by atoms with Crippen molar-refractivity contribution < 1.29 is 8.42 Å². The third-order valence-electron chi connectivity index (χ3n) is 3.49. The Hall–Kier alpha value is -2.00. The quantitative estimate of drug-likeness (QED) is 0.795. The summed E-state index contributed by atoms with van der Waals surface area (Å²) in [7, 11) is -3.18. The fourth-order valence-corrected chi connectivity index (χ4v) is 3.27. The van der Waals surface area contributed by atoms with E-state index in [-0.39, 0.29) is 0 Å². The molecule has 0 radical (unpaired) electrons. The number of sulfonamides is 1. The second-order valence-corrected chi connectivity index (χ2v) is 6.90. The summed E-state index contributed by atoms with van der Waals surface area (Å²) < 4.78 is 24.5. The fourth-order valence-electron chi connectivity index (χ4n) is 2.44. The van der Waals surface area contributed by atoms with Crippen molar-refractivity contribution in [1.82, 2.24) is 19.3 Å². The molecule has 112 valence electrons. The van der Waals surface area contributed by atoms with E-state index in [1.807, 2.05) is 11.0 Å². The highest BCUT2D eigenvalue weighted by molar-refractivity contribution is 7.88. The summed E-state index contributed by atoms with van der Waals surface area (Å²) in [4.78, 5) is 24.3. The summed E-state index contributed by atoms with van der Waals surface area (Å²) in [6.07, 6.45) is 2.80. The van der Waals surface area contributed by atoms with Crippen molar-refractivity contribution in [1.29, 1.82) is 0 Å². The number of aromatic amines is 1. The van der Waals surface area contributed by atoms with Crippen LogP contribution in [0.3, 0.4) is 0 Å². The molecule has 8 nitrogen and oxygen atoms in total. The molecule has 1 aliphatic rings. The van der Waals surface area contributed by atoms with E-state index in [1.54, 1.807) is 12.3 Å². The minimum Gasteiger partial charge on any atom is -0.353 e. The molecule has 1 N–H and O–H groups in total. The van der Waals surface area contributed by atoms with Crippen LogP contribution >= 0.6 is 0 Å². The number of nitrogens with zero attached hydrogens (tertiary/aromatic N) is 4. The molecule has 0 aliphatic carbocycles. The van der Waals surface area contributed by atoms with Gasteiger partial charge in [-0.25, -0.2) is 18.2 Å². The standard InChI is InChI=1S/C12H15N5O3S/c1-21(19,20)17-7-5-16(6-8-17)11-9-3-2-4-13-10(9)14-12(18)15-11/h2-4H,5-8H2,1H3,(H,13,14,15,18). The van der Waals surface area contributed by atoms with Crippen molar-refractivity contribution in [2.75, 3.05) is 37.3 Å². The Balaban J connectivity index is 1.94. The minimum absolute atomic E-state index is 0.384. The van der Waals surface area contributed by atoms with Crippen LogP contribution in [0.25, 0.3) is 11.0 Å². The van der Waals surface area contributed by atoms with E-state index in [0.717, 1.165) is 5.39 Å². The average Bonchev–Trinajstić information content (AvgIpc) is 2.45. The monoisotopic (exact) mass is 309 g/mol. The van der Waals surface area contributed by atoms with Crippen LogP contribution in [-0.4, -0.2) is 60.1 Å². The number of hydrogen-bond donors (Lipinski definition) is 1. The zero-order valence-electron chi connectivity index (χ0n) is 11.5. The van der Waals surface area contributed by atoms with Gasteiger partial charge < -0.3 is 4.90 Å². The molecule has 0 atom stereocenters. The van der Waals surface area contributed by atoms with Gasteiger partial charge in [-0.1, -0.05) is 0 Å². The molecule has 1 saturated heterocycles. The zero-order valence-corrected chi connectivity index (χ0v) is 12.3. The van der Waals surface area contributed by atoms with Crippen molar-refractivity contribution >= 4 is 26.9 Å². The lowest BCUT2D eigenvalue weighted by Crippen LogP contribution is -2.49. The number of pyridine rings is 1. The van der Waals surface area contributed by atoms with Gasteiger partial charge in [0.2, 0.25) is 10.0 Å². The highest BCUT2D eigenvalue weighted by Crippen LogP contribution is 2.21. The Labute approximate surface area is 121 Å². The lowest BCUT2D eigenvalue weighted by molar-refractivity contribution is 0.387. The van der Waals surface area contributed by atoms with Crippen LogP contribution in [0.15, 0.2) is 23.1 Å². The van der Waals surface area contributed by atoms with Crippen molar-refractivity contribution in [3.8, 4) is 0 Å². The summed E-state index contributed by atoms with van der Waals surface area (Å²) in [5.74, 6) is 0.551. The van der Waals surface area contributed by atoms with Crippen LogP contribution in [0.4, 0.5) is 5.82 Å². The van der Waals surface area contributed by atoms with Crippen LogP contribution in [0.1, 0.15) is 0 Å². The van der Waals surface area contributed by atoms with Gasteiger partial charge in [-0.2, -0.15) is 9.29 Å². The molecule has 21 heavy (non-hydrogen) atoms.